The van der Waals surface area contributed by atoms with Gasteiger partial charge in [-0.05, 0) is 49.9 Å². The topological polar surface area (TPSA) is 61.4 Å². The summed E-state index contributed by atoms with van der Waals surface area (Å²) in [5, 5.41) is 15.1. The molecule has 1 amide bonds. The van der Waals surface area contributed by atoms with Crippen LogP contribution in [0.3, 0.4) is 0 Å². The zero-order valence-electron chi connectivity index (χ0n) is 11.2. The SMILES string of the molecule is O=C(Nc1cccc(CCCO)c1)[C@@H]1CCCNC1. The molecule has 19 heavy (non-hydrogen) atoms. The number of benzene rings is 1. The molecule has 1 aliphatic rings. The molecule has 1 saturated heterocycles. The Kier molecular flexibility index (Phi) is 5.36. The Labute approximate surface area is 114 Å². The van der Waals surface area contributed by atoms with Gasteiger partial charge in [0.05, 0.1) is 5.92 Å². The Hall–Kier alpha value is -1.39. The molecule has 0 radical (unpaired) electrons. The quantitative estimate of drug-likeness (QED) is 0.754. The molecule has 0 spiro atoms. The number of hydrogen-bond acceptors (Lipinski definition) is 3. The summed E-state index contributed by atoms with van der Waals surface area (Å²) in [7, 11) is 0. The monoisotopic (exact) mass is 262 g/mol. The second-order valence-corrected chi connectivity index (χ2v) is 5.06. The summed E-state index contributed by atoms with van der Waals surface area (Å²) in [6.45, 7) is 1.99. The van der Waals surface area contributed by atoms with Gasteiger partial charge in [-0.15, -0.1) is 0 Å². The van der Waals surface area contributed by atoms with Crippen molar-refractivity contribution in [2.24, 2.45) is 5.92 Å². The molecule has 3 N–H and O–H groups in total. The largest absolute Gasteiger partial charge is 0.396 e. The second-order valence-electron chi connectivity index (χ2n) is 5.06. The summed E-state index contributed by atoms with van der Waals surface area (Å²) in [5.41, 5.74) is 2.00. The molecule has 0 bridgehead atoms. The number of aryl methyl sites for hydroxylation is 1. The predicted molar refractivity (Wildman–Crippen MR) is 76.1 cm³/mol. The van der Waals surface area contributed by atoms with Crippen molar-refractivity contribution in [3.63, 3.8) is 0 Å². The van der Waals surface area contributed by atoms with Gasteiger partial charge in [-0.3, -0.25) is 4.79 Å². The van der Waals surface area contributed by atoms with Gasteiger partial charge in [0.2, 0.25) is 5.91 Å². The maximum absolute atomic E-state index is 12.1. The summed E-state index contributed by atoms with van der Waals surface area (Å²) in [4.78, 5) is 12.1. The zero-order chi connectivity index (χ0) is 13.5. The lowest BCUT2D eigenvalue weighted by Crippen LogP contribution is -2.37. The number of amides is 1. The molecule has 2 rings (SSSR count). The van der Waals surface area contributed by atoms with Crippen LogP contribution in [0.1, 0.15) is 24.8 Å². The maximum atomic E-state index is 12.1. The van der Waals surface area contributed by atoms with Crippen LogP contribution in [-0.2, 0) is 11.2 Å². The number of anilines is 1. The number of rotatable bonds is 5. The van der Waals surface area contributed by atoms with Crippen LogP contribution in [0.2, 0.25) is 0 Å². The standard InChI is InChI=1S/C15H22N2O2/c18-9-3-5-12-4-1-7-14(10-12)17-15(19)13-6-2-8-16-11-13/h1,4,7,10,13,16,18H,2-3,5-6,8-9,11H2,(H,17,19)/t13-/m1/s1. The van der Waals surface area contributed by atoms with Crippen molar-refractivity contribution in [1.29, 1.82) is 0 Å². The summed E-state index contributed by atoms with van der Waals surface area (Å²) < 4.78 is 0. The Morgan fingerprint density at radius 2 is 2.37 bits per heavy atom. The van der Waals surface area contributed by atoms with E-state index in [1.165, 1.54) is 0 Å². The predicted octanol–water partition coefficient (Wildman–Crippen LogP) is 1.55. The van der Waals surface area contributed by atoms with E-state index >= 15 is 0 Å². The molecule has 1 heterocycles. The van der Waals surface area contributed by atoms with Crippen LogP contribution >= 0.6 is 0 Å². The normalized spacial score (nSPS) is 19.1. The molecule has 1 aromatic rings. The van der Waals surface area contributed by atoms with Gasteiger partial charge < -0.3 is 15.7 Å². The Bertz CT molecular complexity index is 414. The number of carbonyl (C=O) groups excluding carboxylic acids is 1. The van der Waals surface area contributed by atoms with E-state index in [-0.39, 0.29) is 18.4 Å². The molecule has 104 valence electrons. The average Bonchev–Trinajstić information content (AvgIpc) is 2.46. The van der Waals surface area contributed by atoms with Gasteiger partial charge in [0.15, 0.2) is 0 Å². The molecule has 0 saturated carbocycles. The van der Waals surface area contributed by atoms with Crippen LogP contribution in [-0.4, -0.2) is 30.7 Å². The van der Waals surface area contributed by atoms with Gasteiger partial charge in [0.25, 0.3) is 0 Å². The van der Waals surface area contributed by atoms with Gasteiger partial charge in [-0.2, -0.15) is 0 Å². The van der Waals surface area contributed by atoms with E-state index in [2.05, 4.69) is 10.6 Å². The van der Waals surface area contributed by atoms with E-state index in [0.29, 0.717) is 0 Å². The first-order valence-electron chi connectivity index (χ1n) is 7.01. The van der Waals surface area contributed by atoms with Gasteiger partial charge in [0.1, 0.15) is 0 Å². The van der Waals surface area contributed by atoms with E-state index in [4.69, 9.17) is 5.11 Å². The molecule has 0 unspecified atom stereocenters. The van der Waals surface area contributed by atoms with Gasteiger partial charge >= 0.3 is 0 Å². The minimum Gasteiger partial charge on any atom is -0.396 e. The number of carbonyl (C=O) groups is 1. The number of piperidine rings is 1. The van der Waals surface area contributed by atoms with E-state index < -0.39 is 0 Å². The summed E-state index contributed by atoms with van der Waals surface area (Å²) in [6, 6.07) is 7.87. The van der Waals surface area contributed by atoms with E-state index in [1.54, 1.807) is 0 Å². The molecule has 1 aliphatic heterocycles. The fourth-order valence-corrected chi connectivity index (χ4v) is 2.41. The number of aliphatic hydroxyl groups is 1. The third kappa shape index (κ3) is 4.33. The van der Waals surface area contributed by atoms with E-state index in [9.17, 15) is 4.79 Å². The zero-order valence-corrected chi connectivity index (χ0v) is 11.2. The third-order valence-corrected chi connectivity index (χ3v) is 3.49. The maximum Gasteiger partial charge on any atom is 0.228 e. The van der Waals surface area contributed by atoms with Crippen molar-refractivity contribution in [2.45, 2.75) is 25.7 Å². The summed E-state index contributed by atoms with van der Waals surface area (Å²) in [5.74, 6) is 0.182. The van der Waals surface area contributed by atoms with Crippen LogP contribution < -0.4 is 10.6 Å². The summed E-state index contributed by atoms with van der Waals surface area (Å²) in [6.07, 6.45) is 3.62. The Morgan fingerprint density at radius 1 is 1.47 bits per heavy atom. The van der Waals surface area contributed by atoms with Crippen molar-refractivity contribution in [3.8, 4) is 0 Å². The highest BCUT2D eigenvalue weighted by Gasteiger charge is 2.20. The molecule has 0 aliphatic carbocycles. The Morgan fingerprint density at radius 3 is 3.11 bits per heavy atom. The van der Waals surface area contributed by atoms with Crippen molar-refractivity contribution in [2.75, 3.05) is 25.0 Å². The molecule has 1 aromatic carbocycles. The fraction of sp³-hybridized carbons (Fsp3) is 0.533. The molecule has 1 fully saturated rings. The highest BCUT2D eigenvalue weighted by Crippen LogP contribution is 2.16. The molecule has 4 nitrogen and oxygen atoms in total. The first-order valence-corrected chi connectivity index (χ1v) is 7.01. The molecular formula is C15H22N2O2. The Balaban J connectivity index is 1.92. The average molecular weight is 262 g/mol. The van der Waals surface area contributed by atoms with E-state index in [1.807, 2.05) is 24.3 Å². The van der Waals surface area contributed by atoms with Crippen LogP contribution in [0.4, 0.5) is 5.69 Å². The van der Waals surface area contributed by atoms with Crippen molar-refractivity contribution < 1.29 is 9.90 Å². The first kappa shape index (κ1) is 14.0. The number of aliphatic hydroxyl groups excluding tert-OH is 1. The highest BCUT2D eigenvalue weighted by molar-refractivity contribution is 5.92. The molecule has 0 aromatic heterocycles. The third-order valence-electron chi connectivity index (χ3n) is 3.49. The number of nitrogens with one attached hydrogen (secondary N) is 2. The minimum atomic E-state index is 0.0786. The van der Waals surface area contributed by atoms with Crippen LogP contribution in [0.25, 0.3) is 0 Å². The molecular weight excluding hydrogens is 240 g/mol. The summed E-state index contributed by atoms with van der Waals surface area (Å²) >= 11 is 0. The first-order chi connectivity index (χ1) is 9.29. The van der Waals surface area contributed by atoms with Crippen molar-refractivity contribution in [1.82, 2.24) is 5.32 Å². The van der Waals surface area contributed by atoms with Gasteiger partial charge in [-0.1, -0.05) is 12.1 Å². The van der Waals surface area contributed by atoms with Crippen LogP contribution in [0.5, 0.6) is 0 Å². The number of hydrogen-bond donors (Lipinski definition) is 3. The lowest BCUT2D eigenvalue weighted by molar-refractivity contribution is -0.120. The fourth-order valence-electron chi connectivity index (χ4n) is 2.41. The van der Waals surface area contributed by atoms with E-state index in [0.717, 1.165) is 50.0 Å². The van der Waals surface area contributed by atoms with Crippen LogP contribution in [0.15, 0.2) is 24.3 Å². The molecule has 4 heteroatoms. The second kappa shape index (κ2) is 7.26. The lowest BCUT2D eigenvalue weighted by Gasteiger charge is -2.22. The van der Waals surface area contributed by atoms with Crippen molar-refractivity contribution in [3.05, 3.63) is 29.8 Å². The smallest absolute Gasteiger partial charge is 0.228 e. The highest BCUT2D eigenvalue weighted by atomic mass is 16.2. The molecule has 1 atom stereocenters. The van der Waals surface area contributed by atoms with Crippen LogP contribution in [0, 0.1) is 5.92 Å². The lowest BCUT2D eigenvalue weighted by atomic mass is 9.98. The van der Waals surface area contributed by atoms with Gasteiger partial charge in [0, 0.05) is 18.8 Å². The van der Waals surface area contributed by atoms with Crippen molar-refractivity contribution >= 4 is 11.6 Å². The van der Waals surface area contributed by atoms with Gasteiger partial charge in [-0.25, -0.2) is 0 Å². The minimum absolute atomic E-state index is 0.0786.